The molecule has 1 fully saturated rings. The fourth-order valence-electron chi connectivity index (χ4n) is 3.72. The molecule has 6 heteroatoms. The molecule has 1 aromatic carbocycles. The maximum absolute atomic E-state index is 12.8. The Hall–Kier alpha value is -3.12. The summed E-state index contributed by atoms with van der Waals surface area (Å²) in [5, 5.41) is 0.900. The Bertz CT molecular complexity index is 1120. The standard InChI is InChI=1S/C23H25N3O3/c1-3-4-9-26-15-20(19-14-16(2)24-21(19)23(26)28)17-5-7-18(8-6-17)22(27)25-10-12-29-13-11-25/h3-8,14-15,24H,9-13H2,1-2H3/b4-3+. The lowest BCUT2D eigenvalue weighted by Crippen LogP contribution is -2.40. The van der Waals surface area contributed by atoms with Gasteiger partial charge in [0.2, 0.25) is 0 Å². The van der Waals surface area contributed by atoms with Crippen molar-refractivity contribution >= 4 is 16.8 Å². The SMILES string of the molecule is C/C=C/Cn1cc(-c2ccc(C(=O)N3CCOCC3)cc2)c2cc(C)[nH]c2c1=O. The Labute approximate surface area is 169 Å². The number of rotatable bonds is 4. The zero-order valence-corrected chi connectivity index (χ0v) is 16.8. The van der Waals surface area contributed by atoms with Gasteiger partial charge in [0, 0.05) is 48.0 Å². The van der Waals surface area contributed by atoms with Gasteiger partial charge in [-0.1, -0.05) is 24.3 Å². The van der Waals surface area contributed by atoms with Crippen LogP contribution in [0.25, 0.3) is 22.0 Å². The van der Waals surface area contributed by atoms with E-state index in [0.717, 1.165) is 22.2 Å². The molecule has 3 aromatic rings. The van der Waals surface area contributed by atoms with Crippen LogP contribution in [0.3, 0.4) is 0 Å². The molecule has 1 N–H and O–H groups in total. The van der Waals surface area contributed by atoms with Crippen LogP contribution in [0.4, 0.5) is 0 Å². The van der Waals surface area contributed by atoms with Crippen LogP contribution in [0.2, 0.25) is 0 Å². The molecule has 0 spiro atoms. The molecule has 3 heterocycles. The number of hydrogen-bond acceptors (Lipinski definition) is 3. The number of nitrogens with one attached hydrogen (secondary N) is 1. The van der Waals surface area contributed by atoms with Crippen LogP contribution in [0, 0.1) is 6.92 Å². The van der Waals surface area contributed by atoms with Crippen LogP contribution in [0.1, 0.15) is 23.0 Å². The van der Waals surface area contributed by atoms with Gasteiger partial charge in [-0.25, -0.2) is 0 Å². The minimum atomic E-state index is -0.0333. The van der Waals surface area contributed by atoms with Gasteiger partial charge in [-0.15, -0.1) is 0 Å². The maximum Gasteiger partial charge on any atom is 0.275 e. The van der Waals surface area contributed by atoms with Gasteiger partial charge in [0.1, 0.15) is 5.52 Å². The summed E-state index contributed by atoms with van der Waals surface area (Å²) >= 11 is 0. The monoisotopic (exact) mass is 391 g/mol. The summed E-state index contributed by atoms with van der Waals surface area (Å²) in [7, 11) is 0. The number of aromatic amines is 1. The molecule has 1 aliphatic heterocycles. The maximum atomic E-state index is 12.8. The predicted octanol–water partition coefficient (Wildman–Crippen LogP) is 3.35. The molecule has 0 aliphatic carbocycles. The summed E-state index contributed by atoms with van der Waals surface area (Å²) in [6, 6.07) is 9.63. The average Bonchev–Trinajstić information content (AvgIpc) is 3.15. The molecule has 6 nitrogen and oxygen atoms in total. The third-order valence-corrected chi connectivity index (χ3v) is 5.28. The van der Waals surface area contributed by atoms with E-state index < -0.39 is 0 Å². The number of ether oxygens (including phenoxy) is 1. The fourth-order valence-corrected chi connectivity index (χ4v) is 3.72. The molecular formula is C23H25N3O3. The van der Waals surface area contributed by atoms with Gasteiger partial charge < -0.3 is 19.2 Å². The smallest absolute Gasteiger partial charge is 0.275 e. The quantitative estimate of drug-likeness (QED) is 0.694. The molecule has 1 aliphatic rings. The highest BCUT2D eigenvalue weighted by Crippen LogP contribution is 2.28. The summed E-state index contributed by atoms with van der Waals surface area (Å²) < 4.78 is 7.03. The van der Waals surface area contributed by atoms with Gasteiger partial charge in [0.25, 0.3) is 11.5 Å². The fraction of sp³-hybridized carbons (Fsp3) is 0.304. The van der Waals surface area contributed by atoms with Crippen LogP contribution in [0.5, 0.6) is 0 Å². The number of carbonyl (C=O) groups excluding carboxylic acids is 1. The Morgan fingerprint density at radius 2 is 1.93 bits per heavy atom. The molecule has 4 rings (SSSR count). The van der Waals surface area contributed by atoms with Crippen LogP contribution >= 0.6 is 0 Å². The lowest BCUT2D eigenvalue weighted by Gasteiger charge is -2.26. The van der Waals surface area contributed by atoms with Crippen molar-refractivity contribution in [3.63, 3.8) is 0 Å². The van der Waals surface area contributed by atoms with Gasteiger partial charge in [-0.3, -0.25) is 9.59 Å². The summed E-state index contributed by atoms with van der Waals surface area (Å²) in [6.07, 6.45) is 5.79. The van der Waals surface area contributed by atoms with E-state index in [1.54, 1.807) is 4.57 Å². The van der Waals surface area contributed by atoms with E-state index in [-0.39, 0.29) is 11.5 Å². The molecule has 150 valence electrons. The first-order chi connectivity index (χ1) is 14.1. The van der Waals surface area contributed by atoms with Crippen molar-refractivity contribution in [1.82, 2.24) is 14.5 Å². The Balaban J connectivity index is 1.73. The number of fused-ring (bicyclic) bond motifs is 1. The highest BCUT2D eigenvalue weighted by atomic mass is 16.5. The molecular weight excluding hydrogens is 366 g/mol. The van der Waals surface area contributed by atoms with E-state index in [1.165, 1.54) is 0 Å². The zero-order chi connectivity index (χ0) is 20.4. The third kappa shape index (κ3) is 3.76. The van der Waals surface area contributed by atoms with Crippen molar-refractivity contribution in [2.75, 3.05) is 26.3 Å². The van der Waals surface area contributed by atoms with Crippen LogP contribution in [0.15, 0.2) is 53.5 Å². The number of H-pyrrole nitrogens is 1. The van der Waals surface area contributed by atoms with Crippen molar-refractivity contribution in [2.45, 2.75) is 20.4 Å². The van der Waals surface area contributed by atoms with E-state index in [0.29, 0.717) is 43.9 Å². The highest BCUT2D eigenvalue weighted by molar-refractivity contribution is 5.97. The van der Waals surface area contributed by atoms with Crippen LogP contribution in [-0.2, 0) is 11.3 Å². The van der Waals surface area contributed by atoms with Gasteiger partial charge in [-0.05, 0) is 37.6 Å². The van der Waals surface area contributed by atoms with E-state index >= 15 is 0 Å². The molecule has 29 heavy (non-hydrogen) atoms. The minimum Gasteiger partial charge on any atom is -0.378 e. The van der Waals surface area contributed by atoms with Crippen LogP contribution < -0.4 is 5.56 Å². The van der Waals surface area contributed by atoms with E-state index in [2.05, 4.69) is 4.98 Å². The zero-order valence-electron chi connectivity index (χ0n) is 16.8. The average molecular weight is 391 g/mol. The number of aromatic nitrogens is 2. The number of amides is 1. The number of hydrogen-bond donors (Lipinski definition) is 1. The largest absolute Gasteiger partial charge is 0.378 e. The minimum absolute atomic E-state index is 0.0283. The number of aryl methyl sites for hydroxylation is 1. The topological polar surface area (TPSA) is 67.3 Å². The Morgan fingerprint density at radius 1 is 1.21 bits per heavy atom. The molecule has 0 unspecified atom stereocenters. The van der Waals surface area contributed by atoms with Crippen molar-refractivity contribution < 1.29 is 9.53 Å². The van der Waals surface area contributed by atoms with Crippen molar-refractivity contribution in [3.8, 4) is 11.1 Å². The number of allylic oxidation sites excluding steroid dienone is 2. The second kappa shape index (κ2) is 8.09. The predicted molar refractivity (Wildman–Crippen MR) is 114 cm³/mol. The van der Waals surface area contributed by atoms with Gasteiger partial charge in [0.15, 0.2) is 0 Å². The first-order valence-corrected chi connectivity index (χ1v) is 9.90. The molecule has 1 amide bonds. The normalized spacial score (nSPS) is 14.8. The number of carbonyl (C=O) groups is 1. The summed E-state index contributed by atoms with van der Waals surface area (Å²) in [5.74, 6) is 0.0283. The number of pyridine rings is 1. The molecule has 1 saturated heterocycles. The molecule has 0 saturated carbocycles. The lowest BCUT2D eigenvalue weighted by atomic mass is 10.0. The first kappa shape index (κ1) is 19.2. The summed E-state index contributed by atoms with van der Waals surface area (Å²) in [5.41, 5.74) is 4.13. The molecule has 0 bridgehead atoms. The second-order valence-electron chi connectivity index (χ2n) is 7.29. The van der Waals surface area contributed by atoms with Crippen LogP contribution in [-0.4, -0.2) is 46.7 Å². The molecule has 0 radical (unpaired) electrons. The summed E-state index contributed by atoms with van der Waals surface area (Å²) in [4.78, 5) is 30.5. The van der Waals surface area contributed by atoms with Gasteiger partial charge >= 0.3 is 0 Å². The third-order valence-electron chi connectivity index (χ3n) is 5.28. The number of nitrogens with zero attached hydrogens (tertiary/aromatic N) is 2. The van der Waals surface area contributed by atoms with Crippen molar-refractivity contribution in [2.24, 2.45) is 0 Å². The van der Waals surface area contributed by atoms with E-state index in [9.17, 15) is 9.59 Å². The first-order valence-electron chi connectivity index (χ1n) is 9.90. The molecule has 0 atom stereocenters. The second-order valence-corrected chi connectivity index (χ2v) is 7.29. The van der Waals surface area contributed by atoms with Crippen molar-refractivity contribution in [1.29, 1.82) is 0 Å². The molecule has 2 aromatic heterocycles. The highest BCUT2D eigenvalue weighted by Gasteiger charge is 2.19. The lowest BCUT2D eigenvalue weighted by molar-refractivity contribution is 0.0303. The van der Waals surface area contributed by atoms with Gasteiger partial charge in [-0.2, -0.15) is 0 Å². The van der Waals surface area contributed by atoms with E-state index in [4.69, 9.17) is 4.74 Å². The van der Waals surface area contributed by atoms with Gasteiger partial charge in [0.05, 0.1) is 13.2 Å². The number of benzene rings is 1. The summed E-state index contributed by atoms with van der Waals surface area (Å²) in [6.45, 7) is 6.82. The number of morpholine rings is 1. The Morgan fingerprint density at radius 3 is 2.62 bits per heavy atom. The van der Waals surface area contributed by atoms with E-state index in [1.807, 2.05) is 67.4 Å². The Kier molecular flexibility index (Phi) is 5.36. The van der Waals surface area contributed by atoms with Crippen molar-refractivity contribution in [3.05, 3.63) is 70.3 Å².